The fourth-order valence-corrected chi connectivity index (χ4v) is 6.52. The van der Waals surface area contributed by atoms with Gasteiger partial charge < -0.3 is 9.47 Å². The number of halogens is 4. The van der Waals surface area contributed by atoms with Crippen LogP contribution in [0.1, 0.15) is 95.1 Å². The molecular weight excluding hydrogens is 492 g/mol. The molecule has 0 aliphatic heterocycles. The van der Waals surface area contributed by atoms with Crippen LogP contribution < -0.4 is 9.47 Å². The van der Waals surface area contributed by atoms with E-state index in [0.29, 0.717) is 0 Å². The monoisotopic (exact) mass is 534 g/mol. The summed E-state index contributed by atoms with van der Waals surface area (Å²) in [6.07, 6.45) is 13.6. The Balaban J connectivity index is 1.18. The van der Waals surface area contributed by atoms with Crippen molar-refractivity contribution < 1.29 is 27.0 Å². The summed E-state index contributed by atoms with van der Waals surface area (Å²) in [4.78, 5) is 0. The first-order valence-corrected chi connectivity index (χ1v) is 14.5. The highest BCUT2D eigenvalue weighted by atomic mass is 19.3. The van der Waals surface area contributed by atoms with E-state index in [2.05, 4.69) is 11.7 Å². The molecule has 0 heterocycles. The zero-order valence-corrected chi connectivity index (χ0v) is 22.5. The lowest BCUT2D eigenvalue weighted by Crippen LogP contribution is -2.26. The van der Waals surface area contributed by atoms with Crippen molar-refractivity contribution in [1.29, 1.82) is 0 Å². The van der Waals surface area contributed by atoms with Crippen molar-refractivity contribution in [3.63, 3.8) is 0 Å². The first-order valence-electron chi connectivity index (χ1n) is 14.5. The van der Waals surface area contributed by atoms with Gasteiger partial charge in [-0.05, 0) is 104 Å². The number of aryl methyl sites for hydroxylation is 1. The van der Waals surface area contributed by atoms with Crippen LogP contribution in [0.5, 0.6) is 11.5 Å². The summed E-state index contributed by atoms with van der Waals surface area (Å²) in [6.45, 7) is -0.683. The predicted molar refractivity (Wildman–Crippen MR) is 143 cm³/mol. The lowest BCUT2D eigenvalue weighted by molar-refractivity contribution is -0.185. The zero-order chi connectivity index (χ0) is 27.0. The summed E-state index contributed by atoms with van der Waals surface area (Å²) in [5.41, 5.74) is 0.824. The Kier molecular flexibility index (Phi) is 10.4. The van der Waals surface area contributed by atoms with E-state index < -0.39 is 12.7 Å². The molecule has 0 atom stereocenters. The maximum Gasteiger partial charge on any atom is 0.426 e. The summed E-state index contributed by atoms with van der Waals surface area (Å²) in [5, 5.41) is 0. The topological polar surface area (TPSA) is 18.5 Å². The second-order valence-corrected chi connectivity index (χ2v) is 11.4. The van der Waals surface area contributed by atoms with Crippen LogP contribution in [0.15, 0.2) is 48.5 Å². The summed E-state index contributed by atoms with van der Waals surface area (Å²) in [7, 11) is 0. The van der Waals surface area contributed by atoms with E-state index >= 15 is 0 Å². The molecule has 4 rings (SSSR count). The van der Waals surface area contributed by atoms with Crippen molar-refractivity contribution in [3.8, 4) is 11.5 Å². The SMILES string of the molecule is CCCCC1CCC(C2CCC(CCc3ccc(C(F)(F)Oc4ccc(OC(F)F)cc4)cc3)CC2)CC1. The molecule has 2 aromatic carbocycles. The molecule has 38 heavy (non-hydrogen) atoms. The first-order chi connectivity index (χ1) is 18.3. The number of unbranched alkanes of at least 4 members (excludes halogenated alkanes) is 1. The molecule has 2 nitrogen and oxygen atoms in total. The van der Waals surface area contributed by atoms with Crippen LogP contribution >= 0.6 is 0 Å². The Hall–Kier alpha value is -2.24. The van der Waals surface area contributed by atoms with Gasteiger partial charge in [0.1, 0.15) is 11.5 Å². The van der Waals surface area contributed by atoms with Gasteiger partial charge in [0, 0.05) is 0 Å². The molecule has 0 aromatic heterocycles. The third kappa shape index (κ3) is 8.38. The van der Waals surface area contributed by atoms with Gasteiger partial charge in [0.05, 0.1) is 5.56 Å². The standard InChI is InChI=1S/C32H42F4O2/c1-2-3-4-23-7-13-26(14-8-23)27-15-9-24(10-16-27)5-6-25-11-17-28(18-12-25)32(35,36)38-30-21-19-29(20-22-30)37-31(33)34/h11-12,17-24,26-27,31H,2-10,13-16H2,1H3. The minimum Gasteiger partial charge on any atom is -0.435 e. The highest BCUT2D eigenvalue weighted by Gasteiger charge is 2.35. The van der Waals surface area contributed by atoms with Crippen molar-refractivity contribution in [2.75, 3.05) is 0 Å². The largest absolute Gasteiger partial charge is 0.435 e. The molecule has 210 valence electrons. The highest BCUT2D eigenvalue weighted by molar-refractivity contribution is 5.32. The van der Waals surface area contributed by atoms with Crippen LogP contribution in [-0.4, -0.2) is 6.61 Å². The van der Waals surface area contributed by atoms with Crippen LogP contribution in [0.2, 0.25) is 0 Å². The van der Waals surface area contributed by atoms with Gasteiger partial charge in [-0.15, -0.1) is 0 Å². The van der Waals surface area contributed by atoms with Gasteiger partial charge in [-0.1, -0.05) is 64.0 Å². The van der Waals surface area contributed by atoms with Gasteiger partial charge in [-0.2, -0.15) is 17.6 Å². The molecule has 2 fully saturated rings. The van der Waals surface area contributed by atoms with Gasteiger partial charge in [-0.3, -0.25) is 0 Å². The molecule has 0 bridgehead atoms. The summed E-state index contributed by atoms with van der Waals surface area (Å²) in [6, 6.07) is 11.1. The summed E-state index contributed by atoms with van der Waals surface area (Å²) < 4.78 is 62.9. The number of rotatable bonds is 12. The molecule has 2 aromatic rings. The highest BCUT2D eigenvalue weighted by Crippen LogP contribution is 2.43. The lowest BCUT2D eigenvalue weighted by Gasteiger charge is -2.38. The van der Waals surface area contributed by atoms with Gasteiger partial charge in [0.2, 0.25) is 0 Å². The van der Waals surface area contributed by atoms with E-state index in [-0.39, 0.29) is 17.1 Å². The normalized spacial score (nSPS) is 24.4. The van der Waals surface area contributed by atoms with Crippen LogP contribution in [0.25, 0.3) is 0 Å². The molecule has 0 N–H and O–H groups in total. The van der Waals surface area contributed by atoms with Crippen molar-refractivity contribution in [2.45, 2.75) is 103 Å². The fourth-order valence-electron chi connectivity index (χ4n) is 6.52. The Morgan fingerprint density at radius 1 is 0.737 bits per heavy atom. The van der Waals surface area contributed by atoms with E-state index in [1.165, 1.54) is 107 Å². The number of ether oxygens (including phenoxy) is 2. The maximum atomic E-state index is 14.7. The number of hydrogen-bond acceptors (Lipinski definition) is 2. The zero-order valence-electron chi connectivity index (χ0n) is 22.5. The first kappa shape index (κ1) is 28.8. The molecule has 6 heteroatoms. The number of alkyl halides is 4. The van der Waals surface area contributed by atoms with Gasteiger partial charge in [0.15, 0.2) is 0 Å². The van der Waals surface area contributed by atoms with E-state index in [1.54, 1.807) is 12.1 Å². The van der Waals surface area contributed by atoms with Gasteiger partial charge in [-0.25, -0.2) is 0 Å². The fraction of sp³-hybridized carbons (Fsp3) is 0.625. The van der Waals surface area contributed by atoms with Crippen molar-refractivity contribution in [1.82, 2.24) is 0 Å². The van der Waals surface area contributed by atoms with Crippen LogP contribution in [-0.2, 0) is 12.5 Å². The van der Waals surface area contributed by atoms with Crippen molar-refractivity contribution in [2.24, 2.45) is 23.7 Å². The Labute approximate surface area is 225 Å². The van der Waals surface area contributed by atoms with E-state index in [0.717, 1.165) is 42.1 Å². The summed E-state index contributed by atoms with van der Waals surface area (Å²) in [5.74, 6) is 3.32. The van der Waals surface area contributed by atoms with Crippen LogP contribution in [0.3, 0.4) is 0 Å². The molecule has 2 aliphatic rings. The van der Waals surface area contributed by atoms with Gasteiger partial charge in [0.25, 0.3) is 0 Å². The molecule has 0 saturated heterocycles. The van der Waals surface area contributed by atoms with Crippen LogP contribution in [0.4, 0.5) is 17.6 Å². The van der Waals surface area contributed by atoms with E-state index in [9.17, 15) is 17.6 Å². The molecule has 2 aliphatic carbocycles. The maximum absolute atomic E-state index is 14.7. The third-order valence-electron chi connectivity index (χ3n) is 8.84. The lowest BCUT2D eigenvalue weighted by atomic mass is 9.68. The minimum atomic E-state index is -3.53. The van der Waals surface area contributed by atoms with E-state index in [4.69, 9.17) is 4.74 Å². The molecule has 0 unspecified atom stereocenters. The summed E-state index contributed by atoms with van der Waals surface area (Å²) >= 11 is 0. The second-order valence-electron chi connectivity index (χ2n) is 11.4. The minimum absolute atomic E-state index is 0.113. The average Bonchev–Trinajstić information content (AvgIpc) is 2.92. The Morgan fingerprint density at radius 3 is 1.79 bits per heavy atom. The molecule has 0 spiro atoms. The van der Waals surface area contributed by atoms with Crippen molar-refractivity contribution in [3.05, 3.63) is 59.7 Å². The molecule has 0 amide bonds. The van der Waals surface area contributed by atoms with Gasteiger partial charge >= 0.3 is 12.7 Å². The second kappa shape index (κ2) is 13.7. The third-order valence-corrected chi connectivity index (χ3v) is 8.84. The number of hydrogen-bond donors (Lipinski definition) is 0. The molecule has 0 radical (unpaired) electrons. The quantitative estimate of drug-likeness (QED) is 0.252. The molecule has 2 saturated carbocycles. The molecular formula is C32H42F4O2. The van der Waals surface area contributed by atoms with E-state index in [1.807, 2.05) is 0 Å². The smallest absolute Gasteiger partial charge is 0.426 e. The van der Waals surface area contributed by atoms with Crippen LogP contribution in [0, 0.1) is 23.7 Å². The average molecular weight is 535 g/mol. The predicted octanol–water partition coefficient (Wildman–Crippen LogP) is 10.2. The Morgan fingerprint density at radius 2 is 1.26 bits per heavy atom. The Bertz CT molecular complexity index is 944. The number of benzene rings is 2. The van der Waals surface area contributed by atoms with Crippen molar-refractivity contribution >= 4 is 0 Å².